The Hall–Kier alpha value is -4.65. The first-order chi connectivity index (χ1) is 22.2. The Morgan fingerprint density at radius 2 is 1.72 bits per heavy atom. The van der Waals surface area contributed by atoms with Crippen LogP contribution in [-0.2, 0) is 16.1 Å². The summed E-state index contributed by atoms with van der Waals surface area (Å²) < 4.78 is 42.3. The van der Waals surface area contributed by atoms with Crippen molar-refractivity contribution in [2.24, 2.45) is 11.1 Å². The average Bonchev–Trinajstić information content (AvgIpc) is 3.54. The van der Waals surface area contributed by atoms with Crippen molar-refractivity contribution in [3.8, 4) is 22.1 Å². The van der Waals surface area contributed by atoms with Gasteiger partial charge in [-0.3, -0.25) is 24.4 Å². The maximum Gasteiger partial charge on any atom is 0.247 e. The Labute approximate surface area is 267 Å². The highest BCUT2D eigenvalue weighted by Crippen LogP contribution is 2.49. The maximum absolute atomic E-state index is 15.6. The summed E-state index contributed by atoms with van der Waals surface area (Å²) in [6, 6.07) is 16.8. The van der Waals surface area contributed by atoms with Crippen LogP contribution in [0.3, 0.4) is 0 Å². The summed E-state index contributed by atoms with van der Waals surface area (Å²) in [5.41, 5.74) is 5.30. The molecule has 2 fully saturated rings. The van der Waals surface area contributed by atoms with Crippen molar-refractivity contribution in [3.05, 3.63) is 90.3 Å². The largest absolute Gasteiger partial charge is 0.459 e. The number of hydrogen-bond donors (Lipinski definition) is 1. The number of benzene rings is 2. The van der Waals surface area contributed by atoms with Crippen LogP contribution >= 0.6 is 11.3 Å². The molecule has 12 heteroatoms. The van der Waals surface area contributed by atoms with Crippen LogP contribution in [0.4, 0.5) is 20.2 Å². The number of carbonyl (C=O) groups excluding carboxylic acids is 2. The first-order valence-corrected chi connectivity index (χ1v) is 15.8. The number of piperazine rings is 1. The Morgan fingerprint density at radius 3 is 2.41 bits per heavy atom. The molecule has 46 heavy (non-hydrogen) atoms. The van der Waals surface area contributed by atoms with Gasteiger partial charge >= 0.3 is 0 Å². The van der Waals surface area contributed by atoms with E-state index in [0.717, 1.165) is 59.9 Å². The second-order valence-corrected chi connectivity index (χ2v) is 12.8. The highest BCUT2D eigenvalue weighted by molar-refractivity contribution is 7.22. The first kappa shape index (κ1) is 30.0. The number of carbonyl (C=O) groups is 2. The predicted octanol–water partition coefficient (Wildman–Crippen LogP) is 6.30. The lowest BCUT2D eigenvalue weighted by molar-refractivity contribution is -0.133. The van der Waals surface area contributed by atoms with Crippen molar-refractivity contribution < 1.29 is 27.5 Å². The number of nitrogens with two attached hydrogens (primary N) is 1. The molecule has 5 aromatic rings. The number of likely N-dealkylation sites (N-methyl/N-ethyl adjacent to an activating group) is 1. The monoisotopic (exact) mass is 643 g/mol. The van der Waals surface area contributed by atoms with Crippen LogP contribution in [-0.4, -0.2) is 59.8 Å². The van der Waals surface area contributed by atoms with E-state index in [2.05, 4.69) is 21.8 Å². The van der Waals surface area contributed by atoms with Crippen molar-refractivity contribution in [1.82, 2.24) is 14.8 Å². The number of nitrogens with zero attached hydrogens (tertiary/aromatic N) is 4. The summed E-state index contributed by atoms with van der Waals surface area (Å²) in [7, 11) is 2.13. The summed E-state index contributed by atoms with van der Waals surface area (Å²) in [6.45, 7) is 4.79. The predicted molar refractivity (Wildman–Crippen MR) is 171 cm³/mol. The van der Waals surface area contributed by atoms with Crippen LogP contribution in [0.15, 0.2) is 77.3 Å². The molecule has 1 saturated carbocycles. The summed E-state index contributed by atoms with van der Waals surface area (Å²) in [6.07, 6.45) is 2.17. The molecule has 0 atom stereocenters. The summed E-state index contributed by atoms with van der Waals surface area (Å²) in [4.78, 5) is 37.0. The van der Waals surface area contributed by atoms with Gasteiger partial charge in [0.2, 0.25) is 11.8 Å². The van der Waals surface area contributed by atoms with Gasteiger partial charge in [-0.1, -0.05) is 0 Å². The van der Waals surface area contributed by atoms with Crippen LogP contribution in [0.25, 0.3) is 20.9 Å². The minimum atomic E-state index is -1.38. The molecular weight excluding hydrogens is 612 g/mol. The van der Waals surface area contributed by atoms with Gasteiger partial charge in [0.25, 0.3) is 0 Å². The van der Waals surface area contributed by atoms with Crippen molar-refractivity contribution in [2.75, 3.05) is 38.1 Å². The second-order valence-electron chi connectivity index (χ2n) is 11.8. The van der Waals surface area contributed by atoms with E-state index in [-0.39, 0.29) is 17.1 Å². The Bertz CT molecular complexity index is 1930. The van der Waals surface area contributed by atoms with E-state index in [1.54, 1.807) is 12.3 Å². The van der Waals surface area contributed by atoms with Gasteiger partial charge in [0.15, 0.2) is 11.6 Å². The van der Waals surface area contributed by atoms with Crippen molar-refractivity contribution in [3.63, 3.8) is 0 Å². The van der Waals surface area contributed by atoms with E-state index in [1.165, 1.54) is 52.6 Å². The molecule has 1 aliphatic carbocycles. The highest BCUT2D eigenvalue weighted by Gasteiger charge is 2.57. The number of anilines is 2. The van der Waals surface area contributed by atoms with E-state index in [9.17, 15) is 14.0 Å². The van der Waals surface area contributed by atoms with Gasteiger partial charge in [0.1, 0.15) is 28.5 Å². The summed E-state index contributed by atoms with van der Waals surface area (Å²) >= 11 is 1.43. The molecular formula is C34H31F2N5O4S. The standard InChI is InChI=1S/C34H31F2N5O4S/c1-39-14-16-40(17-15-39)20-24-7-9-28(44-24)30-19-26-31(46-30)29(10-13-38-26)45-27-8-6-23(18-25(27)36)41(22-4-2-21(35)3-5-22)33(43)34(11-12-34)32(37)42/h2-10,13,18-19H,11-12,14-17,20H2,1H3,(H2,37,42). The molecule has 4 heterocycles. The molecule has 0 radical (unpaired) electrons. The molecule has 2 aliphatic rings. The fourth-order valence-electron chi connectivity index (χ4n) is 5.65. The second kappa shape index (κ2) is 11.9. The lowest BCUT2D eigenvalue weighted by Gasteiger charge is -2.31. The number of ether oxygens (including phenoxy) is 1. The summed E-state index contributed by atoms with van der Waals surface area (Å²) in [5.74, 6) is -0.614. The van der Waals surface area contributed by atoms with E-state index < -0.39 is 28.9 Å². The van der Waals surface area contributed by atoms with Gasteiger partial charge in [-0.2, -0.15) is 0 Å². The molecule has 7 rings (SSSR count). The zero-order valence-corrected chi connectivity index (χ0v) is 25.9. The number of furan rings is 1. The minimum absolute atomic E-state index is 0.0683. The molecule has 0 unspecified atom stereocenters. The van der Waals surface area contributed by atoms with Crippen molar-refractivity contribution >= 4 is 44.7 Å². The van der Waals surface area contributed by atoms with Crippen LogP contribution in [0.5, 0.6) is 11.5 Å². The number of thiophene rings is 1. The Balaban J connectivity index is 1.14. The van der Waals surface area contributed by atoms with Gasteiger partial charge in [0.05, 0.1) is 27.3 Å². The topological polar surface area (TPSA) is 105 Å². The highest BCUT2D eigenvalue weighted by atomic mass is 32.1. The normalized spacial score (nSPS) is 16.4. The molecule has 1 aliphatic heterocycles. The van der Waals surface area contributed by atoms with Gasteiger partial charge in [-0.15, -0.1) is 11.3 Å². The molecule has 236 valence electrons. The number of aromatic nitrogens is 1. The van der Waals surface area contributed by atoms with Crippen LogP contribution in [0.2, 0.25) is 0 Å². The van der Waals surface area contributed by atoms with Crippen LogP contribution < -0.4 is 15.4 Å². The fourth-order valence-corrected chi connectivity index (χ4v) is 6.67. The van der Waals surface area contributed by atoms with Crippen molar-refractivity contribution in [1.29, 1.82) is 0 Å². The minimum Gasteiger partial charge on any atom is -0.459 e. The van der Waals surface area contributed by atoms with Crippen LogP contribution in [0.1, 0.15) is 18.6 Å². The Morgan fingerprint density at radius 1 is 0.978 bits per heavy atom. The molecule has 2 amide bonds. The molecule has 0 bridgehead atoms. The lowest BCUT2D eigenvalue weighted by Crippen LogP contribution is -2.43. The van der Waals surface area contributed by atoms with Gasteiger partial charge < -0.3 is 19.8 Å². The number of amides is 2. The third-order valence-corrected chi connectivity index (χ3v) is 9.72. The lowest BCUT2D eigenvalue weighted by atomic mass is 10.0. The summed E-state index contributed by atoms with van der Waals surface area (Å²) in [5, 5.41) is 0. The molecule has 2 N–H and O–H groups in total. The number of pyridine rings is 1. The quantitative estimate of drug-likeness (QED) is 0.188. The molecule has 0 spiro atoms. The number of hydrogen-bond acceptors (Lipinski definition) is 8. The third-order valence-electron chi connectivity index (χ3n) is 8.57. The maximum atomic E-state index is 15.6. The smallest absolute Gasteiger partial charge is 0.247 e. The molecule has 3 aromatic heterocycles. The van der Waals surface area contributed by atoms with Gasteiger partial charge in [-0.25, -0.2) is 8.78 Å². The third kappa shape index (κ3) is 5.75. The van der Waals surface area contributed by atoms with E-state index in [0.29, 0.717) is 24.1 Å². The zero-order valence-electron chi connectivity index (χ0n) is 25.0. The van der Waals surface area contributed by atoms with E-state index in [1.807, 2.05) is 18.2 Å². The molecule has 1 saturated heterocycles. The number of halogens is 2. The van der Waals surface area contributed by atoms with Crippen molar-refractivity contribution in [2.45, 2.75) is 19.4 Å². The number of fused-ring (bicyclic) bond motifs is 1. The zero-order chi connectivity index (χ0) is 32.0. The first-order valence-electron chi connectivity index (χ1n) is 15.0. The fraction of sp³-hybridized carbons (Fsp3) is 0.265. The Kier molecular flexibility index (Phi) is 7.79. The number of primary amides is 1. The van der Waals surface area contributed by atoms with Crippen LogP contribution in [0, 0.1) is 17.0 Å². The van der Waals surface area contributed by atoms with E-state index in [4.69, 9.17) is 14.9 Å². The van der Waals surface area contributed by atoms with E-state index >= 15 is 4.39 Å². The van der Waals surface area contributed by atoms with Gasteiger partial charge in [0, 0.05) is 50.2 Å². The number of rotatable bonds is 9. The molecule has 9 nitrogen and oxygen atoms in total. The van der Waals surface area contributed by atoms with Gasteiger partial charge in [-0.05, 0) is 74.5 Å². The SMILES string of the molecule is CN1CCN(Cc2ccc(-c3cc4nccc(Oc5ccc(N(C(=O)C6(C(N)=O)CC6)c6ccc(F)cc6)cc5F)c4s3)o2)CC1. The molecule has 2 aromatic carbocycles. The average molecular weight is 644 g/mol.